The molecule has 0 saturated heterocycles. The molecule has 5 heteroatoms. The number of nitrogens with one attached hydrogen (secondary N) is 1. The van der Waals surface area contributed by atoms with Gasteiger partial charge in [-0.25, -0.2) is 4.98 Å². The molecule has 124 valence electrons. The molecule has 0 radical (unpaired) electrons. The number of aryl methyl sites for hydroxylation is 2. The first kappa shape index (κ1) is 16.6. The number of para-hydroxylation sites is 1. The number of rotatable bonds is 5. The molecule has 0 saturated carbocycles. The summed E-state index contributed by atoms with van der Waals surface area (Å²) >= 11 is 1.47. The van der Waals surface area contributed by atoms with Crippen molar-refractivity contribution < 1.29 is 9.21 Å². The molecule has 2 aromatic heterocycles. The number of hydrogen-bond acceptors (Lipinski definition) is 4. The van der Waals surface area contributed by atoms with Gasteiger partial charge >= 0.3 is 0 Å². The van der Waals surface area contributed by atoms with Crippen molar-refractivity contribution in [3.8, 4) is 0 Å². The predicted molar refractivity (Wildman–Crippen MR) is 97.1 cm³/mol. The average molecular weight is 340 g/mol. The van der Waals surface area contributed by atoms with Crippen LogP contribution in [0.1, 0.15) is 23.8 Å². The Morgan fingerprint density at radius 1 is 1.25 bits per heavy atom. The topological polar surface area (TPSA) is 55.1 Å². The SMILES string of the molecule is Cc1cc(S[C@H](C)C(=O)NCc2ccco2)nc2c(C)cccc12. The van der Waals surface area contributed by atoms with Crippen molar-refractivity contribution in [2.24, 2.45) is 0 Å². The fraction of sp³-hybridized carbons (Fsp3) is 0.263. The molecule has 1 N–H and O–H groups in total. The van der Waals surface area contributed by atoms with Gasteiger partial charge in [-0.15, -0.1) is 0 Å². The first-order valence-corrected chi connectivity index (χ1v) is 8.76. The summed E-state index contributed by atoms with van der Waals surface area (Å²) in [4.78, 5) is 17.0. The fourth-order valence-electron chi connectivity index (χ4n) is 2.56. The molecule has 1 aromatic carbocycles. The second-order valence-corrected chi connectivity index (χ2v) is 7.17. The van der Waals surface area contributed by atoms with Gasteiger partial charge in [0.05, 0.1) is 28.6 Å². The maximum atomic E-state index is 12.3. The minimum Gasteiger partial charge on any atom is -0.467 e. The first-order chi connectivity index (χ1) is 11.5. The second-order valence-electron chi connectivity index (χ2n) is 5.81. The molecule has 0 aliphatic heterocycles. The van der Waals surface area contributed by atoms with Gasteiger partial charge in [0.15, 0.2) is 0 Å². The Hall–Kier alpha value is -2.27. The van der Waals surface area contributed by atoms with Gasteiger partial charge in [0, 0.05) is 5.39 Å². The Kier molecular flexibility index (Phi) is 4.90. The molecule has 3 aromatic rings. The van der Waals surface area contributed by atoms with Crippen LogP contribution in [0.25, 0.3) is 10.9 Å². The lowest BCUT2D eigenvalue weighted by atomic mass is 10.1. The monoisotopic (exact) mass is 340 g/mol. The number of thioether (sulfide) groups is 1. The molecule has 0 aliphatic rings. The largest absolute Gasteiger partial charge is 0.467 e. The third kappa shape index (κ3) is 3.62. The van der Waals surface area contributed by atoms with Crippen LogP contribution in [0.4, 0.5) is 0 Å². The highest BCUT2D eigenvalue weighted by molar-refractivity contribution is 8.00. The van der Waals surface area contributed by atoms with E-state index in [0.29, 0.717) is 6.54 Å². The van der Waals surface area contributed by atoms with Crippen molar-refractivity contribution in [3.05, 3.63) is 59.5 Å². The Morgan fingerprint density at radius 2 is 2.08 bits per heavy atom. The highest BCUT2D eigenvalue weighted by atomic mass is 32.2. The van der Waals surface area contributed by atoms with E-state index in [0.717, 1.165) is 27.3 Å². The van der Waals surface area contributed by atoms with E-state index in [1.54, 1.807) is 6.26 Å². The van der Waals surface area contributed by atoms with Crippen molar-refractivity contribution in [1.82, 2.24) is 10.3 Å². The molecular formula is C19H20N2O2S. The first-order valence-electron chi connectivity index (χ1n) is 7.88. The predicted octanol–water partition coefficient (Wildman–Crippen LogP) is 4.24. The number of carbonyl (C=O) groups excluding carboxylic acids is 1. The van der Waals surface area contributed by atoms with E-state index in [2.05, 4.69) is 31.3 Å². The molecule has 2 heterocycles. The van der Waals surface area contributed by atoms with Gasteiger partial charge in [0.2, 0.25) is 5.91 Å². The van der Waals surface area contributed by atoms with Crippen molar-refractivity contribution in [2.75, 3.05) is 0 Å². The molecule has 0 aliphatic carbocycles. The summed E-state index contributed by atoms with van der Waals surface area (Å²) in [7, 11) is 0. The van der Waals surface area contributed by atoms with Crippen molar-refractivity contribution in [3.63, 3.8) is 0 Å². The maximum Gasteiger partial charge on any atom is 0.233 e. The van der Waals surface area contributed by atoms with Crippen molar-refractivity contribution in [1.29, 1.82) is 0 Å². The fourth-order valence-corrected chi connectivity index (χ4v) is 3.50. The molecule has 0 spiro atoms. The number of benzene rings is 1. The maximum absolute atomic E-state index is 12.3. The average Bonchev–Trinajstić information content (AvgIpc) is 3.07. The minimum atomic E-state index is -0.228. The van der Waals surface area contributed by atoms with Crippen LogP contribution in [0, 0.1) is 13.8 Å². The number of fused-ring (bicyclic) bond motifs is 1. The number of nitrogens with zero attached hydrogens (tertiary/aromatic N) is 1. The number of aromatic nitrogens is 1. The van der Waals surface area contributed by atoms with Crippen LogP contribution in [0.15, 0.2) is 52.1 Å². The lowest BCUT2D eigenvalue weighted by Crippen LogP contribution is -2.30. The van der Waals surface area contributed by atoms with Crippen LogP contribution in [0.5, 0.6) is 0 Å². The summed E-state index contributed by atoms with van der Waals surface area (Å²) in [6.45, 7) is 6.43. The van der Waals surface area contributed by atoms with E-state index in [9.17, 15) is 4.79 Å². The molecule has 1 atom stereocenters. The third-order valence-electron chi connectivity index (χ3n) is 3.91. The smallest absolute Gasteiger partial charge is 0.233 e. The van der Waals surface area contributed by atoms with Crippen LogP contribution in [0.3, 0.4) is 0 Å². The molecule has 0 fully saturated rings. The van der Waals surface area contributed by atoms with Crippen molar-refractivity contribution >= 4 is 28.6 Å². The third-order valence-corrected chi connectivity index (χ3v) is 4.93. The summed E-state index contributed by atoms with van der Waals surface area (Å²) in [6.07, 6.45) is 1.60. The zero-order valence-corrected chi connectivity index (χ0v) is 14.8. The van der Waals surface area contributed by atoms with Gasteiger partial charge in [0.1, 0.15) is 5.76 Å². The summed E-state index contributed by atoms with van der Waals surface area (Å²) < 4.78 is 5.23. The van der Waals surface area contributed by atoms with Crippen LogP contribution < -0.4 is 5.32 Å². The Balaban J connectivity index is 1.71. The molecule has 1 amide bonds. The van der Waals surface area contributed by atoms with Crippen molar-refractivity contribution in [2.45, 2.75) is 37.6 Å². The lowest BCUT2D eigenvalue weighted by Gasteiger charge is -2.13. The van der Waals surface area contributed by atoms with Crippen LogP contribution >= 0.6 is 11.8 Å². The van der Waals surface area contributed by atoms with E-state index < -0.39 is 0 Å². The molecule has 0 unspecified atom stereocenters. The minimum absolute atomic E-state index is 0.0271. The second kappa shape index (κ2) is 7.09. The van der Waals surface area contributed by atoms with E-state index in [1.807, 2.05) is 31.2 Å². The summed E-state index contributed by atoms with van der Waals surface area (Å²) in [5.74, 6) is 0.719. The summed E-state index contributed by atoms with van der Waals surface area (Å²) in [5.41, 5.74) is 3.32. The Bertz CT molecular complexity index is 859. The van der Waals surface area contributed by atoms with Gasteiger partial charge < -0.3 is 9.73 Å². The van der Waals surface area contributed by atoms with Gasteiger partial charge in [-0.1, -0.05) is 30.0 Å². The number of carbonyl (C=O) groups is 1. The number of hydrogen-bond donors (Lipinski definition) is 1. The highest BCUT2D eigenvalue weighted by Crippen LogP contribution is 2.28. The van der Waals surface area contributed by atoms with Crippen LogP contribution in [0.2, 0.25) is 0 Å². The van der Waals surface area contributed by atoms with E-state index in [1.165, 1.54) is 17.3 Å². The molecular weight excluding hydrogens is 320 g/mol. The van der Waals surface area contributed by atoms with Gasteiger partial charge in [-0.3, -0.25) is 4.79 Å². The Labute approximate surface area is 145 Å². The number of pyridine rings is 1. The normalized spacial score (nSPS) is 12.3. The Morgan fingerprint density at radius 3 is 2.83 bits per heavy atom. The standard InChI is InChI=1S/C19H20N2O2S/c1-12-6-4-8-16-13(2)10-17(21-18(12)16)24-14(3)19(22)20-11-15-7-5-9-23-15/h4-10,14H,11H2,1-3H3,(H,20,22)/t14-/m1/s1. The zero-order chi connectivity index (χ0) is 17.1. The molecule has 4 nitrogen and oxygen atoms in total. The van der Waals surface area contributed by atoms with E-state index in [4.69, 9.17) is 9.40 Å². The molecule has 3 rings (SSSR count). The molecule has 24 heavy (non-hydrogen) atoms. The van der Waals surface area contributed by atoms with Gasteiger partial charge in [0.25, 0.3) is 0 Å². The quantitative estimate of drug-likeness (QED) is 0.706. The lowest BCUT2D eigenvalue weighted by molar-refractivity contribution is -0.120. The summed E-state index contributed by atoms with van der Waals surface area (Å²) in [6, 6.07) is 11.9. The zero-order valence-electron chi connectivity index (χ0n) is 14.0. The van der Waals surface area contributed by atoms with Gasteiger partial charge in [-0.2, -0.15) is 0 Å². The van der Waals surface area contributed by atoms with Crippen LogP contribution in [-0.4, -0.2) is 16.1 Å². The van der Waals surface area contributed by atoms with E-state index in [-0.39, 0.29) is 11.2 Å². The van der Waals surface area contributed by atoms with E-state index >= 15 is 0 Å². The summed E-state index contributed by atoms with van der Waals surface area (Å²) in [5, 5.41) is 4.69. The van der Waals surface area contributed by atoms with Gasteiger partial charge in [-0.05, 0) is 50.1 Å². The number of furan rings is 1. The van der Waals surface area contributed by atoms with Crippen LogP contribution in [-0.2, 0) is 11.3 Å². The highest BCUT2D eigenvalue weighted by Gasteiger charge is 2.16. The molecule has 0 bridgehead atoms. The number of amides is 1.